The van der Waals surface area contributed by atoms with E-state index in [-0.39, 0.29) is 33.7 Å². The number of nitrogens with one attached hydrogen (secondary N) is 2. The number of para-hydroxylation sites is 1. The normalized spacial score (nSPS) is 12.3. The van der Waals surface area contributed by atoms with Crippen LogP contribution in [-0.2, 0) is 25.5 Å². The second kappa shape index (κ2) is 10.4. The largest absolute Gasteiger partial charge is 0.461 e. The number of hydrogen-bond donors (Lipinski definition) is 2. The first kappa shape index (κ1) is 26.0. The maximum Gasteiger partial charge on any atom is 0.418 e. The highest BCUT2D eigenvalue weighted by Crippen LogP contribution is 2.36. The SMILES string of the molecule is CCOC(=O)C(=N)/C=C(\Nc1ccccc1C(F)(F)F)c1nsc(-c2cccc(S(C)(=O)=O)c2)n1. The number of carbonyl (C=O) groups is 1. The van der Waals surface area contributed by atoms with Crippen LogP contribution >= 0.6 is 11.5 Å². The lowest BCUT2D eigenvalue weighted by Gasteiger charge is -2.15. The molecule has 0 radical (unpaired) electrons. The van der Waals surface area contributed by atoms with E-state index in [1.54, 1.807) is 13.0 Å². The van der Waals surface area contributed by atoms with Gasteiger partial charge >= 0.3 is 12.1 Å². The van der Waals surface area contributed by atoms with E-state index < -0.39 is 33.3 Å². The number of aromatic nitrogens is 2. The second-order valence-electron chi connectivity index (χ2n) is 7.08. The van der Waals surface area contributed by atoms with Gasteiger partial charge in [0.25, 0.3) is 0 Å². The van der Waals surface area contributed by atoms with E-state index in [1.165, 1.54) is 36.4 Å². The average Bonchev–Trinajstić information content (AvgIpc) is 3.28. The molecule has 0 saturated heterocycles. The molecule has 13 heteroatoms. The van der Waals surface area contributed by atoms with E-state index >= 15 is 0 Å². The summed E-state index contributed by atoms with van der Waals surface area (Å²) in [7, 11) is -3.49. The molecule has 0 unspecified atom stereocenters. The fourth-order valence-electron chi connectivity index (χ4n) is 2.86. The van der Waals surface area contributed by atoms with Crippen LogP contribution in [0.25, 0.3) is 16.3 Å². The van der Waals surface area contributed by atoms with Gasteiger partial charge in [-0.25, -0.2) is 18.2 Å². The average molecular weight is 525 g/mol. The molecule has 0 atom stereocenters. The van der Waals surface area contributed by atoms with Crippen molar-refractivity contribution in [3.8, 4) is 10.6 Å². The van der Waals surface area contributed by atoms with E-state index in [0.29, 0.717) is 5.56 Å². The molecule has 1 heterocycles. The summed E-state index contributed by atoms with van der Waals surface area (Å²) in [6.07, 6.45) is -2.64. The van der Waals surface area contributed by atoms with E-state index in [9.17, 15) is 26.4 Å². The van der Waals surface area contributed by atoms with Crippen molar-refractivity contribution in [3.63, 3.8) is 0 Å². The van der Waals surface area contributed by atoms with Gasteiger partial charge in [0.15, 0.2) is 15.7 Å². The minimum Gasteiger partial charge on any atom is -0.461 e. The fourth-order valence-corrected chi connectivity index (χ4v) is 4.20. The Morgan fingerprint density at radius 1 is 1.20 bits per heavy atom. The number of ether oxygens (including phenoxy) is 1. The molecule has 0 amide bonds. The highest BCUT2D eigenvalue weighted by molar-refractivity contribution is 7.90. The first-order valence-corrected chi connectivity index (χ1v) is 12.6. The maximum absolute atomic E-state index is 13.5. The molecule has 2 aromatic carbocycles. The third-order valence-electron chi connectivity index (χ3n) is 4.46. The van der Waals surface area contributed by atoms with Crippen LogP contribution in [0.2, 0.25) is 0 Å². The number of hydrogen-bond acceptors (Lipinski definition) is 9. The smallest absolute Gasteiger partial charge is 0.418 e. The number of sulfone groups is 1. The summed E-state index contributed by atoms with van der Waals surface area (Å²) in [5, 5.41) is 10.8. The zero-order valence-electron chi connectivity index (χ0n) is 18.4. The van der Waals surface area contributed by atoms with Gasteiger partial charge in [0.2, 0.25) is 0 Å². The number of anilines is 1. The summed E-state index contributed by atoms with van der Waals surface area (Å²) in [5.74, 6) is -1.08. The maximum atomic E-state index is 13.5. The lowest BCUT2D eigenvalue weighted by Crippen LogP contribution is -2.17. The molecule has 0 aliphatic carbocycles. The van der Waals surface area contributed by atoms with E-state index in [4.69, 9.17) is 10.1 Å². The molecule has 184 valence electrons. The lowest BCUT2D eigenvalue weighted by atomic mass is 10.1. The second-order valence-corrected chi connectivity index (χ2v) is 9.85. The quantitative estimate of drug-likeness (QED) is 0.325. The van der Waals surface area contributed by atoms with Crippen molar-refractivity contribution in [2.45, 2.75) is 18.0 Å². The number of carbonyl (C=O) groups excluding carboxylic acids is 1. The first-order chi connectivity index (χ1) is 16.4. The van der Waals surface area contributed by atoms with Crippen molar-refractivity contribution in [3.05, 3.63) is 66.0 Å². The van der Waals surface area contributed by atoms with Gasteiger partial charge in [-0.05, 0) is 48.8 Å². The summed E-state index contributed by atoms with van der Waals surface area (Å²) in [6.45, 7) is 1.55. The summed E-state index contributed by atoms with van der Waals surface area (Å²) in [4.78, 5) is 16.3. The number of alkyl halides is 3. The predicted octanol–water partition coefficient (Wildman–Crippen LogP) is 4.66. The highest BCUT2D eigenvalue weighted by Gasteiger charge is 2.33. The van der Waals surface area contributed by atoms with Gasteiger partial charge in [-0.3, -0.25) is 5.41 Å². The zero-order valence-corrected chi connectivity index (χ0v) is 20.0. The molecule has 3 rings (SSSR count). The van der Waals surface area contributed by atoms with Crippen LogP contribution in [0.3, 0.4) is 0 Å². The molecule has 0 aliphatic rings. The van der Waals surface area contributed by atoms with Crippen molar-refractivity contribution >= 4 is 44.4 Å². The third kappa shape index (κ3) is 6.51. The highest BCUT2D eigenvalue weighted by atomic mass is 32.2. The number of rotatable bonds is 8. The van der Waals surface area contributed by atoms with Crippen molar-refractivity contribution in [1.29, 1.82) is 5.41 Å². The van der Waals surface area contributed by atoms with Gasteiger partial charge in [-0.1, -0.05) is 24.3 Å². The summed E-state index contributed by atoms with van der Waals surface area (Å²) < 4.78 is 73.2. The van der Waals surface area contributed by atoms with Gasteiger partial charge in [-0.15, -0.1) is 0 Å². The molecule has 0 spiro atoms. The van der Waals surface area contributed by atoms with Crippen LogP contribution in [0.4, 0.5) is 18.9 Å². The van der Waals surface area contributed by atoms with Crippen LogP contribution < -0.4 is 5.32 Å². The van der Waals surface area contributed by atoms with Crippen molar-refractivity contribution in [2.24, 2.45) is 0 Å². The van der Waals surface area contributed by atoms with Crippen LogP contribution in [0.1, 0.15) is 18.3 Å². The number of benzene rings is 2. The van der Waals surface area contributed by atoms with Crippen molar-refractivity contribution in [2.75, 3.05) is 18.2 Å². The zero-order chi connectivity index (χ0) is 25.8. The van der Waals surface area contributed by atoms with Crippen LogP contribution in [0.15, 0.2) is 59.5 Å². The van der Waals surface area contributed by atoms with Gasteiger partial charge in [0.1, 0.15) is 10.7 Å². The van der Waals surface area contributed by atoms with Crippen molar-refractivity contribution < 1.29 is 31.1 Å². The van der Waals surface area contributed by atoms with E-state index in [1.807, 2.05) is 0 Å². The van der Waals surface area contributed by atoms with Gasteiger partial charge in [0.05, 0.1) is 28.5 Å². The van der Waals surface area contributed by atoms with Crippen LogP contribution in [0, 0.1) is 5.41 Å². The number of halogens is 3. The minimum atomic E-state index is -4.67. The Balaban J connectivity index is 2.06. The molecular weight excluding hydrogens is 505 g/mol. The Morgan fingerprint density at radius 3 is 2.57 bits per heavy atom. The van der Waals surface area contributed by atoms with Crippen LogP contribution in [0.5, 0.6) is 0 Å². The molecule has 0 bridgehead atoms. The molecule has 0 fully saturated rings. The predicted molar refractivity (Wildman–Crippen MR) is 126 cm³/mol. The Kier molecular flexibility index (Phi) is 7.70. The molecule has 0 saturated carbocycles. The van der Waals surface area contributed by atoms with E-state index in [0.717, 1.165) is 29.9 Å². The lowest BCUT2D eigenvalue weighted by molar-refractivity contribution is -0.137. The molecule has 1 aromatic heterocycles. The van der Waals surface area contributed by atoms with Gasteiger partial charge < -0.3 is 10.1 Å². The van der Waals surface area contributed by atoms with Crippen LogP contribution in [-0.4, -0.2) is 42.3 Å². The Morgan fingerprint density at radius 2 is 1.91 bits per heavy atom. The molecule has 35 heavy (non-hydrogen) atoms. The molecule has 3 aromatic rings. The number of esters is 1. The molecular formula is C22H19F3N4O4S2. The molecule has 0 aliphatic heterocycles. The third-order valence-corrected chi connectivity index (χ3v) is 6.34. The van der Waals surface area contributed by atoms with Crippen molar-refractivity contribution in [1.82, 2.24) is 9.36 Å². The Labute approximate surface area is 203 Å². The summed E-state index contributed by atoms with van der Waals surface area (Å²) >= 11 is 0.871. The Bertz CT molecular complexity index is 1400. The molecule has 2 N–H and O–H groups in total. The van der Waals surface area contributed by atoms with Gasteiger partial charge in [-0.2, -0.15) is 17.5 Å². The van der Waals surface area contributed by atoms with E-state index in [2.05, 4.69) is 14.7 Å². The standard InChI is InChI=1S/C22H19F3N4O4S2/c1-3-33-21(30)16(26)12-18(27-17-10-5-4-9-15(17)22(23,24)25)19-28-20(34-29-19)13-7-6-8-14(11-13)35(2,31)32/h4-12,26-27H,3H2,1-2H3/b18-12-,26-16?. The minimum absolute atomic E-state index is 0.00446. The number of nitrogens with zero attached hydrogens (tertiary/aromatic N) is 2. The topological polar surface area (TPSA) is 122 Å². The fraction of sp³-hybridized carbons (Fsp3) is 0.182. The Hall–Kier alpha value is -3.58. The first-order valence-electron chi connectivity index (χ1n) is 9.95. The monoisotopic (exact) mass is 524 g/mol. The molecule has 8 nitrogen and oxygen atoms in total. The summed E-state index contributed by atoms with van der Waals surface area (Å²) in [5.41, 5.74) is -1.66. The summed E-state index contributed by atoms with van der Waals surface area (Å²) in [6, 6.07) is 10.6. The van der Waals surface area contributed by atoms with Gasteiger partial charge in [0, 0.05) is 11.8 Å².